The molecule has 1 aromatic carbocycles. The van der Waals surface area contributed by atoms with E-state index in [4.69, 9.17) is 4.42 Å². The fourth-order valence-electron chi connectivity index (χ4n) is 1.56. The van der Waals surface area contributed by atoms with Gasteiger partial charge >= 0.3 is 0 Å². The van der Waals surface area contributed by atoms with Gasteiger partial charge in [0.2, 0.25) is 0 Å². The SMILES string of the molecule is CC(=O)c1ccc2oc(C)c(C)c2c1. The Hall–Kier alpha value is -1.57. The van der Waals surface area contributed by atoms with Crippen LogP contribution in [0.4, 0.5) is 0 Å². The summed E-state index contributed by atoms with van der Waals surface area (Å²) in [5.41, 5.74) is 2.70. The zero-order chi connectivity index (χ0) is 10.3. The van der Waals surface area contributed by atoms with Crippen molar-refractivity contribution >= 4 is 16.8 Å². The lowest BCUT2D eigenvalue weighted by Gasteiger charge is -1.94. The summed E-state index contributed by atoms with van der Waals surface area (Å²) in [6.07, 6.45) is 0. The van der Waals surface area contributed by atoms with Crippen LogP contribution in [0.1, 0.15) is 28.6 Å². The molecule has 0 atom stereocenters. The average Bonchev–Trinajstić information content (AvgIpc) is 2.43. The van der Waals surface area contributed by atoms with Gasteiger partial charge in [0, 0.05) is 10.9 Å². The number of furan rings is 1. The highest BCUT2D eigenvalue weighted by molar-refractivity contribution is 5.98. The molecule has 0 saturated carbocycles. The first-order valence-corrected chi connectivity index (χ1v) is 4.60. The molecule has 0 aliphatic heterocycles. The van der Waals surface area contributed by atoms with Gasteiger partial charge in [0.05, 0.1) is 0 Å². The van der Waals surface area contributed by atoms with Crippen LogP contribution in [0.5, 0.6) is 0 Å². The van der Waals surface area contributed by atoms with E-state index in [0.29, 0.717) is 0 Å². The van der Waals surface area contributed by atoms with Crippen LogP contribution in [0.3, 0.4) is 0 Å². The Kier molecular flexibility index (Phi) is 1.92. The van der Waals surface area contributed by atoms with E-state index in [1.165, 1.54) is 0 Å². The summed E-state index contributed by atoms with van der Waals surface area (Å²) in [7, 11) is 0. The number of carbonyl (C=O) groups excluding carboxylic acids is 1. The van der Waals surface area contributed by atoms with Crippen molar-refractivity contribution in [3.05, 3.63) is 35.1 Å². The minimum Gasteiger partial charge on any atom is -0.461 e. The highest BCUT2D eigenvalue weighted by atomic mass is 16.3. The van der Waals surface area contributed by atoms with Gasteiger partial charge in [-0.05, 0) is 44.5 Å². The fraction of sp³-hybridized carbons (Fsp3) is 0.250. The molecule has 2 nitrogen and oxygen atoms in total. The molecule has 0 amide bonds. The lowest BCUT2D eigenvalue weighted by molar-refractivity contribution is 0.101. The number of Topliss-reactive ketones (excluding diaryl/α,β-unsaturated/α-hetero) is 1. The second kappa shape index (κ2) is 2.98. The summed E-state index contributed by atoms with van der Waals surface area (Å²) in [4.78, 5) is 11.2. The predicted molar refractivity (Wildman–Crippen MR) is 55.7 cm³/mol. The molecule has 72 valence electrons. The van der Waals surface area contributed by atoms with E-state index in [1.54, 1.807) is 13.0 Å². The Labute approximate surface area is 82.5 Å². The van der Waals surface area contributed by atoms with Crippen molar-refractivity contribution in [2.75, 3.05) is 0 Å². The standard InChI is InChI=1S/C12H12O2/c1-7-9(3)14-12-5-4-10(8(2)13)6-11(7)12/h4-6H,1-3H3. The highest BCUT2D eigenvalue weighted by Gasteiger charge is 2.08. The molecule has 2 heteroatoms. The molecule has 0 N–H and O–H groups in total. The van der Waals surface area contributed by atoms with E-state index in [2.05, 4.69) is 0 Å². The first-order chi connectivity index (χ1) is 6.59. The monoisotopic (exact) mass is 188 g/mol. The van der Waals surface area contributed by atoms with Crippen LogP contribution in [0.2, 0.25) is 0 Å². The smallest absolute Gasteiger partial charge is 0.159 e. The van der Waals surface area contributed by atoms with Crippen molar-refractivity contribution in [2.45, 2.75) is 20.8 Å². The third-order valence-corrected chi connectivity index (χ3v) is 2.58. The maximum atomic E-state index is 11.2. The molecule has 0 aliphatic carbocycles. The number of rotatable bonds is 1. The normalized spacial score (nSPS) is 10.8. The number of ketones is 1. The van der Waals surface area contributed by atoms with Crippen molar-refractivity contribution in [1.82, 2.24) is 0 Å². The van der Waals surface area contributed by atoms with Crippen LogP contribution in [0, 0.1) is 13.8 Å². The van der Waals surface area contributed by atoms with Crippen molar-refractivity contribution in [3.63, 3.8) is 0 Å². The van der Waals surface area contributed by atoms with Gasteiger partial charge in [-0.1, -0.05) is 0 Å². The minimum absolute atomic E-state index is 0.0881. The molecule has 1 heterocycles. The van der Waals surface area contributed by atoms with E-state index in [1.807, 2.05) is 26.0 Å². The summed E-state index contributed by atoms with van der Waals surface area (Å²) in [5.74, 6) is 1.01. The van der Waals surface area contributed by atoms with Crippen molar-refractivity contribution in [1.29, 1.82) is 0 Å². The van der Waals surface area contributed by atoms with Crippen molar-refractivity contribution in [3.8, 4) is 0 Å². The van der Waals surface area contributed by atoms with Crippen LogP contribution in [-0.2, 0) is 0 Å². The third kappa shape index (κ3) is 1.23. The average molecular weight is 188 g/mol. The van der Waals surface area contributed by atoms with Crippen molar-refractivity contribution in [2.24, 2.45) is 0 Å². The number of fused-ring (bicyclic) bond motifs is 1. The topological polar surface area (TPSA) is 30.2 Å². The predicted octanol–water partition coefficient (Wildman–Crippen LogP) is 3.25. The van der Waals surface area contributed by atoms with Gasteiger partial charge in [0.25, 0.3) is 0 Å². The molecule has 0 aliphatic rings. The summed E-state index contributed by atoms with van der Waals surface area (Å²) in [6.45, 7) is 5.51. The molecule has 0 saturated heterocycles. The van der Waals surface area contributed by atoms with Gasteiger partial charge in [0.15, 0.2) is 5.78 Å². The summed E-state index contributed by atoms with van der Waals surface area (Å²) < 4.78 is 5.52. The number of carbonyl (C=O) groups is 1. The quantitative estimate of drug-likeness (QED) is 0.643. The molecule has 0 bridgehead atoms. The van der Waals surface area contributed by atoms with Gasteiger partial charge in [-0.2, -0.15) is 0 Å². The molecule has 2 aromatic rings. The molecule has 1 aromatic heterocycles. The Morgan fingerprint density at radius 3 is 2.64 bits per heavy atom. The van der Waals surface area contributed by atoms with Crippen LogP contribution in [0.25, 0.3) is 11.0 Å². The second-order valence-corrected chi connectivity index (χ2v) is 3.55. The van der Waals surface area contributed by atoms with E-state index in [9.17, 15) is 4.79 Å². The summed E-state index contributed by atoms with van der Waals surface area (Å²) >= 11 is 0. The second-order valence-electron chi connectivity index (χ2n) is 3.55. The Morgan fingerprint density at radius 1 is 1.29 bits per heavy atom. The van der Waals surface area contributed by atoms with Gasteiger partial charge in [-0.3, -0.25) is 4.79 Å². The minimum atomic E-state index is 0.0881. The largest absolute Gasteiger partial charge is 0.461 e. The maximum absolute atomic E-state index is 11.2. The first kappa shape index (κ1) is 9.00. The fourth-order valence-corrected chi connectivity index (χ4v) is 1.56. The molecule has 0 radical (unpaired) electrons. The van der Waals surface area contributed by atoms with E-state index >= 15 is 0 Å². The van der Waals surface area contributed by atoms with E-state index in [-0.39, 0.29) is 5.78 Å². The molecule has 0 unspecified atom stereocenters. The van der Waals surface area contributed by atoms with Crippen LogP contribution in [-0.4, -0.2) is 5.78 Å². The number of hydrogen-bond donors (Lipinski definition) is 0. The van der Waals surface area contributed by atoms with Gasteiger partial charge in [-0.15, -0.1) is 0 Å². The van der Waals surface area contributed by atoms with Crippen LogP contribution < -0.4 is 0 Å². The lowest BCUT2D eigenvalue weighted by Crippen LogP contribution is -1.90. The lowest BCUT2D eigenvalue weighted by atomic mass is 10.1. The number of hydrogen-bond acceptors (Lipinski definition) is 2. The molecule has 2 rings (SSSR count). The first-order valence-electron chi connectivity index (χ1n) is 4.60. The molecule has 0 spiro atoms. The Balaban J connectivity index is 2.76. The molecule has 14 heavy (non-hydrogen) atoms. The van der Waals surface area contributed by atoms with Crippen LogP contribution >= 0.6 is 0 Å². The van der Waals surface area contributed by atoms with Gasteiger partial charge in [-0.25, -0.2) is 0 Å². The molecular weight excluding hydrogens is 176 g/mol. The molecule has 0 fully saturated rings. The van der Waals surface area contributed by atoms with E-state index in [0.717, 1.165) is 27.9 Å². The van der Waals surface area contributed by atoms with Crippen molar-refractivity contribution < 1.29 is 9.21 Å². The number of aryl methyl sites for hydroxylation is 2. The third-order valence-electron chi connectivity index (χ3n) is 2.58. The Morgan fingerprint density at radius 2 is 2.00 bits per heavy atom. The van der Waals surface area contributed by atoms with Gasteiger partial charge in [0.1, 0.15) is 11.3 Å². The zero-order valence-electron chi connectivity index (χ0n) is 8.55. The Bertz CT molecular complexity index is 506. The number of benzene rings is 1. The van der Waals surface area contributed by atoms with Crippen LogP contribution in [0.15, 0.2) is 22.6 Å². The maximum Gasteiger partial charge on any atom is 0.159 e. The van der Waals surface area contributed by atoms with E-state index < -0.39 is 0 Å². The highest BCUT2D eigenvalue weighted by Crippen LogP contribution is 2.25. The summed E-state index contributed by atoms with van der Waals surface area (Å²) in [5, 5.41) is 1.04. The molecular formula is C12H12O2. The zero-order valence-corrected chi connectivity index (χ0v) is 8.55. The summed E-state index contributed by atoms with van der Waals surface area (Å²) in [6, 6.07) is 5.54. The van der Waals surface area contributed by atoms with Gasteiger partial charge < -0.3 is 4.42 Å².